The Labute approximate surface area is 98.9 Å². The molecule has 0 radical (unpaired) electrons. The zero-order chi connectivity index (χ0) is 11.8. The van der Waals surface area contributed by atoms with Crippen molar-refractivity contribution in [3.8, 4) is 0 Å². The van der Waals surface area contributed by atoms with Gasteiger partial charge in [-0.05, 0) is 24.4 Å². The van der Waals surface area contributed by atoms with Gasteiger partial charge in [0.05, 0.1) is 6.61 Å². The van der Waals surface area contributed by atoms with Gasteiger partial charge in [-0.25, -0.2) is 0 Å². The molecule has 2 heteroatoms. The summed E-state index contributed by atoms with van der Waals surface area (Å²) >= 11 is 0. The molecule has 2 nitrogen and oxygen atoms in total. The molecule has 0 aliphatic carbocycles. The Morgan fingerprint density at radius 1 is 1.12 bits per heavy atom. The van der Waals surface area contributed by atoms with E-state index in [4.69, 9.17) is 5.11 Å². The van der Waals surface area contributed by atoms with Crippen LogP contribution in [0.15, 0.2) is 30.3 Å². The molecule has 0 atom stereocenters. The van der Waals surface area contributed by atoms with Crippen LogP contribution in [0.4, 0.5) is 0 Å². The number of rotatable bonds is 7. The second-order valence-electron chi connectivity index (χ2n) is 4.67. The second-order valence-corrected chi connectivity index (χ2v) is 4.67. The normalized spacial score (nSPS) is 11.3. The Kier molecular flexibility index (Phi) is 6.12. The summed E-state index contributed by atoms with van der Waals surface area (Å²) < 4.78 is 0. The summed E-state index contributed by atoms with van der Waals surface area (Å²) in [6.45, 7) is 7.48. The largest absolute Gasteiger partial charge is 0.395 e. The van der Waals surface area contributed by atoms with Crippen molar-refractivity contribution in [2.24, 2.45) is 5.92 Å². The van der Waals surface area contributed by atoms with Crippen LogP contribution >= 0.6 is 0 Å². The molecular weight excluding hydrogens is 198 g/mol. The van der Waals surface area contributed by atoms with E-state index in [-0.39, 0.29) is 6.61 Å². The molecule has 1 rings (SSSR count). The van der Waals surface area contributed by atoms with Crippen LogP contribution in [0.1, 0.15) is 25.8 Å². The molecule has 1 aromatic carbocycles. The first-order chi connectivity index (χ1) is 7.72. The monoisotopic (exact) mass is 221 g/mol. The van der Waals surface area contributed by atoms with E-state index in [2.05, 4.69) is 43.0 Å². The molecule has 0 aromatic heterocycles. The zero-order valence-electron chi connectivity index (χ0n) is 10.4. The fourth-order valence-corrected chi connectivity index (χ4v) is 1.69. The third-order valence-corrected chi connectivity index (χ3v) is 2.69. The van der Waals surface area contributed by atoms with Crippen molar-refractivity contribution in [1.29, 1.82) is 0 Å². The van der Waals surface area contributed by atoms with Crippen molar-refractivity contribution in [2.45, 2.75) is 26.8 Å². The van der Waals surface area contributed by atoms with E-state index in [0.29, 0.717) is 0 Å². The van der Waals surface area contributed by atoms with Gasteiger partial charge in [0.15, 0.2) is 0 Å². The summed E-state index contributed by atoms with van der Waals surface area (Å²) in [5.74, 6) is 0.719. The minimum Gasteiger partial charge on any atom is -0.395 e. The van der Waals surface area contributed by atoms with Gasteiger partial charge in [0, 0.05) is 13.1 Å². The molecule has 1 aromatic rings. The lowest BCUT2D eigenvalue weighted by atomic mass is 10.1. The first kappa shape index (κ1) is 13.2. The van der Waals surface area contributed by atoms with Crippen molar-refractivity contribution in [3.05, 3.63) is 35.9 Å². The van der Waals surface area contributed by atoms with Crippen LogP contribution in [0.25, 0.3) is 0 Å². The summed E-state index contributed by atoms with van der Waals surface area (Å²) in [5, 5.41) is 9.04. The van der Waals surface area contributed by atoms with Crippen LogP contribution in [-0.2, 0) is 6.54 Å². The second kappa shape index (κ2) is 7.42. The third-order valence-electron chi connectivity index (χ3n) is 2.69. The van der Waals surface area contributed by atoms with Crippen molar-refractivity contribution < 1.29 is 5.11 Å². The zero-order valence-corrected chi connectivity index (χ0v) is 10.4. The minimum atomic E-state index is 0.241. The molecular formula is C14H23NO. The molecule has 16 heavy (non-hydrogen) atoms. The van der Waals surface area contributed by atoms with Gasteiger partial charge in [0.25, 0.3) is 0 Å². The van der Waals surface area contributed by atoms with Crippen LogP contribution in [0.5, 0.6) is 0 Å². The summed E-state index contributed by atoms with van der Waals surface area (Å²) in [4.78, 5) is 2.31. The lowest BCUT2D eigenvalue weighted by Crippen LogP contribution is -2.28. The number of hydrogen-bond donors (Lipinski definition) is 1. The molecule has 0 fully saturated rings. The van der Waals surface area contributed by atoms with Crippen LogP contribution in [0, 0.1) is 5.92 Å². The number of aliphatic hydroxyl groups is 1. The Bertz CT molecular complexity index is 271. The van der Waals surface area contributed by atoms with Crippen molar-refractivity contribution in [3.63, 3.8) is 0 Å². The smallest absolute Gasteiger partial charge is 0.0558 e. The van der Waals surface area contributed by atoms with Gasteiger partial charge in [-0.2, -0.15) is 0 Å². The molecule has 90 valence electrons. The predicted octanol–water partition coefficient (Wildman–Crippen LogP) is 2.53. The highest BCUT2D eigenvalue weighted by Crippen LogP contribution is 2.07. The average molecular weight is 221 g/mol. The van der Waals surface area contributed by atoms with Crippen molar-refractivity contribution >= 4 is 0 Å². The van der Waals surface area contributed by atoms with Crippen LogP contribution < -0.4 is 0 Å². The minimum absolute atomic E-state index is 0.241. The molecule has 0 saturated heterocycles. The quantitative estimate of drug-likeness (QED) is 0.765. The van der Waals surface area contributed by atoms with Crippen LogP contribution in [0.2, 0.25) is 0 Å². The summed E-state index contributed by atoms with van der Waals surface area (Å²) in [5.41, 5.74) is 1.32. The van der Waals surface area contributed by atoms with E-state index >= 15 is 0 Å². The number of benzene rings is 1. The first-order valence-electron chi connectivity index (χ1n) is 6.09. The molecule has 0 spiro atoms. The maximum atomic E-state index is 9.04. The first-order valence-corrected chi connectivity index (χ1v) is 6.09. The van der Waals surface area contributed by atoms with E-state index in [1.807, 2.05) is 6.07 Å². The molecule has 0 aliphatic rings. The molecule has 0 heterocycles. The number of hydrogen-bond acceptors (Lipinski definition) is 2. The van der Waals surface area contributed by atoms with Crippen LogP contribution in [-0.4, -0.2) is 29.7 Å². The van der Waals surface area contributed by atoms with E-state index in [1.54, 1.807) is 0 Å². The molecule has 0 amide bonds. The molecule has 1 N–H and O–H groups in total. The lowest BCUT2D eigenvalue weighted by Gasteiger charge is -2.22. The number of nitrogens with zero attached hydrogens (tertiary/aromatic N) is 1. The molecule has 0 aliphatic heterocycles. The number of aliphatic hydroxyl groups excluding tert-OH is 1. The van der Waals surface area contributed by atoms with Gasteiger partial charge in [0.1, 0.15) is 0 Å². The standard InChI is InChI=1S/C14H23NO/c1-13(2)8-9-15(10-11-16)12-14-6-4-3-5-7-14/h3-7,13,16H,8-12H2,1-2H3. The average Bonchev–Trinajstić information content (AvgIpc) is 2.27. The van der Waals surface area contributed by atoms with E-state index in [0.717, 1.165) is 25.6 Å². The van der Waals surface area contributed by atoms with E-state index in [1.165, 1.54) is 12.0 Å². The highest BCUT2D eigenvalue weighted by molar-refractivity contribution is 5.14. The Balaban J connectivity index is 2.44. The predicted molar refractivity (Wildman–Crippen MR) is 68.3 cm³/mol. The molecule has 0 bridgehead atoms. The third kappa shape index (κ3) is 5.29. The lowest BCUT2D eigenvalue weighted by molar-refractivity contribution is 0.183. The fourth-order valence-electron chi connectivity index (χ4n) is 1.69. The summed E-state index contributed by atoms with van der Waals surface area (Å²) in [7, 11) is 0. The van der Waals surface area contributed by atoms with Gasteiger partial charge in [-0.1, -0.05) is 44.2 Å². The van der Waals surface area contributed by atoms with Gasteiger partial charge >= 0.3 is 0 Å². The van der Waals surface area contributed by atoms with Gasteiger partial charge in [0.2, 0.25) is 0 Å². The Hall–Kier alpha value is -0.860. The Morgan fingerprint density at radius 3 is 2.38 bits per heavy atom. The van der Waals surface area contributed by atoms with Crippen LogP contribution in [0.3, 0.4) is 0 Å². The van der Waals surface area contributed by atoms with Crippen molar-refractivity contribution in [1.82, 2.24) is 4.90 Å². The SMILES string of the molecule is CC(C)CCN(CCO)Cc1ccccc1. The van der Waals surface area contributed by atoms with Gasteiger partial charge in [-0.3, -0.25) is 4.90 Å². The summed E-state index contributed by atoms with van der Waals surface area (Å²) in [6.07, 6.45) is 1.19. The Morgan fingerprint density at radius 2 is 1.81 bits per heavy atom. The molecule has 0 unspecified atom stereocenters. The maximum absolute atomic E-state index is 9.04. The topological polar surface area (TPSA) is 23.5 Å². The van der Waals surface area contributed by atoms with Crippen molar-refractivity contribution in [2.75, 3.05) is 19.7 Å². The fraction of sp³-hybridized carbons (Fsp3) is 0.571. The van der Waals surface area contributed by atoms with E-state index in [9.17, 15) is 0 Å². The molecule has 0 saturated carbocycles. The van der Waals surface area contributed by atoms with Gasteiger partial charge in [-0.15, -0.1) is 0 Å². The van der Waals surface area contributed by atoms with Gasteiger partial charge < -0.3 is 5.11 Å². The highest BCUT2D eigenvalue weighted by atomic mass is 16.3. The highest BCUT2D eigenvalue weighted by Gasteiger charge is 2.06. The summed E-state index contributed by atoms with van der Waals surface area (Å²) in [6, 6.07) is 10.4. The van der Waals surface area contributed by atoms with E-state index < -0.39 is 0 Å². The maximum Gasteiger partial charge on any atom is 0.0558 e.